The quantitative estimate of drug-likeness (QED) is 0.334. The van der Waals surface area contributed by atoms with Gasteiger partial charge in [-0.15, -0.1) is 0 Å². The summed E-state index contributed by atoms with van der Waals surface area (Å²) in [5.74, 6) is -1.66. The second-order valence-corrected chi connectivity index (χ2v) is 5.58. The molecule has 0 radical (unpaired) electrons. The van der Waals surface area contributed by atoms with Gasteiger partial charge in [0.1, 0.15) is 5.69 Å². The molecule has 0 aliphatic carbocycles. The van der Waals surface area contributed by atoms with Crippen LogP contribution in [0.3, 0.4) is 0 Å². The predicted octanol–water partition coefficient (Wildman–Crippen LogP) is 3.01. The topological polar surface area (TPSA) is 142 Å². The summed E-state index contributed by atoms with van der Waals surface area (Å²) in [6, 6.07) is 10.1. The van der Waals surface area contributed by atoms with E-state index in [1.165, 1.54) is 36.4 Å². The van der Waals surface area contributed by atoms with Gasteiger partial charge < -0.3 is 10.1 Å². The van der Waals surface area contributed by atoms with Crippen molar-refractivity contribution in [2.75, 3.05) is 11.9 Å². The summed E-state index contributed by atoms with van der Waals surface area (Å²) in [7, 11) is 0. The Balaban J connectivity index is 1.96. The lowest BCUT2D eigenvalue weighted by Crippen LogP contribution is -2.20. The molecule has 0 aromatic heterocycles. The first kappa shape index (κ1) is 20.2. The SMILES string of the molecule is Cc1ccc(NC(=O)COC(=O)C=Cc2ccccc2[N+](=O)[O-])c([N+](=O)[O-])c1. The van der Waals surface area contributed by atoms with Gasteiger partial charge in [0.15, 0.2) is 6.61 Å². The van der Waals surface area contributed by atoms with Crippen LogP contribution in [-0.4, -0.2) is 28.3 Å². The number of anilines is 1. The molecule has 0 heterocycles. The van der Waals surface area contributed by atoms with Crippen LogP contribution in [0.2, 0.25) is 0 Å². The Labute approximate surface area is 158 Å². The van der Waals surface area contributed by atoms with Crippen molar-refractivity contribution in [2.24, 2.45) is 0 Å². The molecular weight excluding hydrogens is 370 g/mol. The summed E-state index contributed by atoms with van der Waals surface area (Å²) in [5, 5.41) is 24.2. The van der Waals surface area contributed by atoms with E-state index >= 15 is 0 Å². The number of nitro benzene ring substituents is 2. The number of benzene rings is 2. The summed E-state index contributed by atoms with van der Waals surface area (Å²) in [6.45, 7) is 0.995. The standard InChI is InChI=1S/C18H15N3O7/c1-12-6-8-14(16(10-12)21(26)27)19-17(22)11-28-18(23)9-7-13-4-2-3-5-15(13)20(24)25/h2-10H,11H2,1H3,(H,19,22). The van der Waals surface area contributed by atoms with Crippen LogP contribution in [0, 0.1) is 27.2 Å². The zero-order valence-corrected chi connectivity index (χ0v) is 14.7. The number of aryl methyl sites for hydroxylation is 1. The number of nitro groups is 2. The van der Waals surface area contributed by atoms with Gasteiger partial charge in [-0.3, -0.25) is 25.0 Å². The first-order valence-electron chi connectivity index (χ1n) is 7.91. The lowest BCUT2D eigenvalue weighted by molar-refractivity contribution is -0.385. The van der Waals surface area contributed by atoms with Crippen LogP contribution < -0.4 is 5.32 Å². The summed E-state index contributed by atoms with van der Waals surface area (Å²) in [6.07, 6.45) is 2.15. The van der Waals surface area contributed by atoms with Gasteiger partial charge in [0.2, 0.25) is 0 Å². The van der Waals surface area contributed by atoms with Crippen LogP contribution in [0.1, 0.15) is 11.1 Å². The van der Waals surface area contributed by atoms with E-state index < -0.39 is 28.3 Å². The molecule has 2 aromatic carbocycles. The molecule has 10 nitrogen and oxygen atoms in total. The summed E-state index contributed by atoms with van der Waals surface area (Å²) in [5.41, 5.74) is 0.361. The van der Waals surface area contributed by atoms with Gasteiger partial charge in [0.25, 0.3) is 17.3 Å². The average Bonchev–Trinajstić information content (AvgIpc) is 2.66. The van der Waals surface area contributed by atoms with Crippen LogP contribution in [0.25, 0.3) is 6.08 Å². The number of hydrogen-bond donors (Lipinski definition) is 1. The van der Waals surface area contributed by atoms with Gasteiger partial charge in [0.05, 0.1) is 15.4 Å². The number of hydrogen-bond acceptors (Lipinski definition) is 7. The monoisotopic (exact) mass is 385 g/mol. The molecule has 10 heteroatoms. The Morgan fingerprint density at radius 2 is 1.75 bits per heavy atom. The maximum Gasteiger partial charge on any atom is 0.331 e. The molecule has 1 N–H and O–H groups in total. The molecular formula is C18H15N3O7. The molecule has 28 heavy (non-hydrogen) atoms. The fraction of sp³-hybridized carbons (Fsp3) is 0.111. The Morgan fingerprint density at radius 1 is 1.07 bits per heavy atom. The van der Waals surface area contributed by atoms with Crippen molar-refractivity contribution in [3.05, 3.63) is 79.9 Å². The van der Waals surface area contributed by atoms with E-state index in [0.717, 1.165) is 6.08 Å². The smallest absolute Gasteiger partial charge is 0.331 e. The highest BCUT2D eigenvalue weighted by atomic mass is 16.6. The molecule has 2 aromatic rings. The Kier molecular flexibility index (Phi) is 6.53. The highest BCUT2D eigenvalue weighted by Gasteiger charge is 2.16. The predicted molar refractivity (Wildman–Crippen MR) is 99.6 cm³/mol. The minimum Gasteiger partial charge on any atom is -0.452 e. The number of nitrogens with one attached hydrogen (secondary N) is 1. The second kappa shape index (κ2) is 9.03. The minimum atomic E-state index is -0.897. The highest BCUT2D eigenvalue weighted by Crippen LogP contribution is 2.25. The Hall–Kier alpha value is -4.08. The maximum absolute atomic E-state index is 11.9. The molecule has 0 aliphatic heterocycles. The van der Waals surface area contributed by atoms with Crippen molar-refractivity contribution in [1.82, 2.24) is 0 Å². The van der Waals surface area contributed by atoms with Gasteiger partial charge in [-0.1, -0.05) is 18.2 Å². The number of amides is 1. The third-order valence-corrected chi connectivity index (χ3v) is 3.50. The summed E-state index contributed by atoms with van der Waals surface area (Å²) < 4.78 is 4.74. The zero-order chi connectivity index (χ0) is 20.7. The first-order chi connectivity index (χ1) is 13.3. The van der Waals surface area contributed by atoms with E-state index in [9.17, 15) is 29.8 Å². The van der Waals surface area contributed by atoms with Crippen LogP contribution in [-0.2, 0) is 14.3 Å². The van der Waals surface area contributed by atoms with E-state index in [0.29, 0.717) is 5.56 Å². The molecule has 0 aliphatic rings. The van der Waals surface area contributed by atoms with E-state index in [2.05, 4.69) is 5.32 Å². The van der Waals surface area contributed by atoms with Crippen molar-refractivity contribution in [3.8, 4) is 0 Å². The van der Waals surface area contributed by atoms with Crippen molar-refractivity contribution in [2.45, 2.75) is 6.92 Å². The number of rotatable bonds is 7. The molecule has 0 unspecified atom stereocenters. The fourth-order valence-corrected chi connectivity index (χ4v) is 2.22. The molecule has 2 rings (SSSR count). The summed E-state index contributed by atoms with van der Waals surface area (Å²) >= 11 is 0. The van der Waals surface area contributed by atoms with Crippen molar-refractivity contribution in [1.29, 1.82) is 0 Å². The minimum absolute atomic E-state index is 0.0212. The molecule has 0 saturated carbocycles. The average molecular weight is 385 g/mol. The highest BCUT2D eigenvalue weighted by molar-refractivity contribution is 5.96. The van der Waals surface area contributed by atoms with Gasteiger partial charge in [-0.2, -0.15) is 0 Å². The fourth-order valence-electron chi connectivity index (χ4n) is 2.22. The molecule has 0 atom stereocenters. The lowest BCUT2D eigenvalue weighted by Gasteiger charge is -2.06. The number of para-hydroxylation sites is 1. The van der Waals surface area contributed by atoms with Crippen LogP contribution in [0.15, 0.2) is 48.5 Å². The third-order valence-electron chi connectivity index (χ3n) is 3.50. The zero-order valence-electron chi connectivity index (χ0n) is 14.7. The van der Waals surface area contributed by atoms with E-state index in [1.54, 1.807) is 19.1 Å². The van der Waals surface area contributed by atoms with E-state index in [-0.39, 0.29) is 22.6 Å². The molecule has 1 amide bonds. The number of carbonyl (C=O) groups is 2. The number of carbonyl (C=O) groups excluding carboxylic acids is 2. The van der Waals surface area contributed by atoms with Crippen LogP contribution >= 0.6 is 0 Å². The molecule has 0 fully saturated rings. The second-order valence-electron chi connectivity index (χ2n) is 5.58. The molecule has 0 saturated heterocycles. The Bertz CT molecular complexity index is 969. The number of nitrogens with zero attached hydrogens (tertiary/aromatic N) is 2. The normalized spacial score (nSPS) is 10.5. The summed E-state index contributed by atoms with van der Waals surface area (Å²) in [4.78, 5) is 44.3. The molecule has 0 bridgehead atoms. The van der Waals surface area contributed by atoms with Crippen molar-refractivity contribution < 1.29 is 24.2 Å². The molecule has 144 valence electrons. The number of ether oxygens (including phenoxy) is 1. The van der Waals surface area contributed by atoms with Crippen molar-refractivity contribution >= 4 is 35.0 Å². The number of esters is 1. The van der Waals surface area contributed by atoms with Crippen LogP contribution in [0.4, 0.5) is 17.1 Å². The molecule has 0 spiro atoms. The van der Waals surface area contributed by atoms with E-state index in [1.807, 2.05) is 0 Å². The van der Waals surface area contributed by atoms with E-state index in [4.69, 9.17) is 4.74 Å². The van der Waals surface area contributed by atoms with Gasteiger partial charge in [-0.05, 0) is 30.7 Å². The third kappa shape index (κ3) is 5.46. The van der Waals surface area contributed by atoms with Gasteiger partial charge in [0, 0.05) is 18.2 Å². The van der Waals surface area contributed by atoms with Gasteiger partial charge >= 0.3 is 5.97 Å². The maximum atomic E-state index is 11.9. The van der Waals surface area contributed by atoms with Crippen LogP contribution in [0.5, 0.6) is 0 Å². The van der Waals surface area contributed by atoms with Gasteiger partial charge in [-0.25, -0.2) is 4.79 Å². The lowest BCUT2D eigenvalue weighted by atomic mass is 10.1. The van der Waals surface area contributed by atoms with Crippen molar-refractivity contribution in [3.63, 3.8) is 0 Å². The Morgan fingerprint density at radius 3 is 2.43 bits per heavy atom. The first-order valence-corrected chi connectivity index (χ1v) is 7.91. The largest absolute Gasteiger partial charge is 0.452 e.